The average molecular weight is 300 g/mol. The lowest BCUT2D eigenvalue weighted by Crippen LogP contribution is -2.56. The van der Waals surface area contributed by atoms with Crippen molar-refractivity contribution >= 4 is 11.9 Å². The molecule has 116 valence electrons. The van der Waals surface area contributed by atoms with Crippen LogP contribution in [0.4, 0.5) is 4.79 Å². The van der Waals surface area contributed by atoms with Crippen LogP contribution in [-0.4, -0.2) is 60.5 Å². The molecule has 22 heavy (non-hydrogen) atoms. The summed E-state index contributed by atoms with van der Waals surface area (Å²) in [5.41, 5.74) is 2.36. The van der Waals surface area contributed by atoms with Crippen LogP contribution in [0.15, 0.2) is 24.3 Å². The molecule has 0 aromatic heterocycles. The number of hydrogen-bond donors (Lipinski definition) is 2. The van der Waals surface area contributed by atoms with Crippen molar-refractivity contribution < 1.29 is 9.59 Å². The van der Waals surface area contributed by atoms with Crippen LogP contribution in [0.25, 0.3) is 0 Å². The molecular formula is C16H20N4O2. The van der Waals surface area contributed by atoms with Crippen molar-refractivity contribution in [3.63, 3.8) is 0 Å². The zero-order valence-corrected chi connectivity index (χ0v) is 12.4. The quantitative estimate of drug-likeness (QED) is 0.774. The molecule has 2 atom stereocenters. The molecule has 3 heterocycles. The zero-order valence-electron chi connectivity index (χ0n) is 12.4. The van der Waals surface area contributed by atoms with Crippen LogP contribution in [-0.2, 0) is 11.2 Å². The second-order valence-electron chi connectivity index (χ2n) is 6.15. The first kappa shape index (κ1) is 13.6. The van der Waals surface area contributed by atoms with E-state index < -0.39 is 0 Å². The van der Waals surface area contributed by atoms with E-state index in [9.17, 15) is 9.59 Å². The Bertz CT molecular complexity index is 618. The van der Waals surface area contributed by atoms with Crippen LogP contribution in [0.5, 0.6) is 0 Å². The van der Waals surface area contributed by atoms with Crippen LogP contribution in [0, 0.1) is 0 Å². The number of amides is 3. The normalized spacial score (nSPS) is 27.2. The smallest absolute Gasteiger partial charge is 0.317 e. The second-order valence-corrected chi connectivity index (χ2v) is 6.15. The minimum Gasteiger partial charge on any atom is -0.337 e. The first-order valence-corrected chi connectivity index (χ1v) is 7.88. The maximum absolute atomic E-state index is 12.9. The summed E-state index contributed by atoms with van der Waals surface area (Å²) in [5.74, 6) is 0.131. The predicted molar refractivity (Wildman–Crippen MR) is 81.4 cm³/mol. The van der Waals surface area contributed by atoms with Gasteiger partial charge in [-0.25, -0.2) is 4.79 Å². The number of benzene rings is 1. The van der Waals surface area contributed by atoms with Gasteiger partial charge in [-0.1, -0.05) is 24.3 Å². The van der Waals surface area contributed by atoms with Crippen molar-refractivity contribution in [3.05, 3.63) is 35.4 Å². The Kier molecular flexibility index (Phi) is 3.26. The molecule has 2 N–H and O–H groups in total. The Morgan fingerprint density at radius 1 is 1.23 bits per heavy atom. The number of hydrogen-bond acceptors (Lipinski definition) is 3. The summed E-state index contributed by atoms with van der Waals surface area (Å²) in [6.45, 7) is 3.33. The molecule has 4 rings (SSSR count). The van der Waals surface area contributed by atoms with Gasteiger partial charge >= 0.3 is 6.03 Å². The summed E-state index contributed by atoms with van der Waals surface area (Å²) >= 11 is 0. The molecule has 3 amide bonds. The van der Waals surface area contributed by atoms with Gasteiger partial charge in [-0.05, 0) is 17.5 Å². The summed E-state index contributed by atoms with van der Waals surface area (Å²) in [4.78, 5) is 28.3. The Labute approximate surface area is 129 Å². The molecule has 1 aromatic carbocycles. The topological polar surface area (TPSA) is 64.7 Å². The number of carbonyl (C=O) groups is 2. The number of rotatable bonds is 1. The van der Waals surface area contributed by atoms with Gasteiger partial charge in [-0.3, -0.25) is 4.79 Å². The molecule has 3 aliphatic rings. The van der Waals surface area contributed by atoms with E-state index in [2.05, 4.69) is 16.7 Å². The lowest BCUT2D eigenvalue weighted by atomic mass is 9.93. The largest absolute Gasteiger partial charge is 0.337 e. The SMILES string of the molecule is O=C([C@H]1NCCc2ccccc21)N1CCN2C(=O)NC[C@H]2C1. The molecule has 1 aromatic rings. The van der Waals surface area contributed by atoms with E-state index in [1.165, 1.54) is 5.56 Å². The van der Waals surface area contributed by atoms with E-state index in [1.54, 1.807) is 0 Å². The van der Waals surface area contributed by atoms with Crippen molar-refractivity contribution in [2.75, 3.05) is 32.7 Å². The molecule has 3 aliphatic heterocycles. The predicted octanol–water partition coefficient (Wildman–Crippen LogP) is 0.109. The highest BCUT2D eigenvalue weighted by Gasteiger charge is 2.39. The van der Waals surface area contributed by atoms with Crippen LogP contribution in [0.3, 0.4) is 0 Å². The highest BCUT2D eigenvalue weighted by Crippen LogP contribution is 2.25. The van der Waals surface area contributed by atoms with Crippen molar-refractivity contribution in [3.8, 4) is 0 Å². The van der Waals surface area contributed by atoms with Gasteiger partial charge in [0.1, 0.15) is 6.04 Å². The van der Waals surface area contributed by atoms with Crippen molar-refractivity contribution in [2.24, 2.45) is 0 Å². The number of fused-ring (bicyclic) bond motifs is 2. The molecule has 6 heteroatoms. The summed E-state index contributed by atoms with van der Waals surface area (Å²) in [5, 5.41) is 6.20. The Morgan fingerprint density at radius 3 is 3.00 bits per heavy atom. The molecule has 6 nitrogen and oxygen atoms in total. The second kappa shape index (κ2) is 5.28. The monoisotopic (exact) mass is 300 g/mol. The summed E-state index contributed by atoms with van der Waals surface area (Å²) in [6.07, 6.45) is 0.967. The Balaban J connectivity index is 1.52. The van der Waals surface area contributed by atoms with Crippen LogP contribution >= 0.6 is 0 Å². The number of piperazine rings is 1. The molecule has 2 fully saturated rings. The highest BCUT2D eigenvalue weighted by atomic mass is 16.2. The highest BCUT2D eigenvalue weighted by molar-refractivity contribution is 5.85. The third-order valence-electron chi connectivity index (χ3n) is 4.90. The number of carbonyl (C=O) groups excluding carboxylic acids is 2. The third kappa shape index (κ3) is 2.14. The molecule has 0 unspecified atom stereocenters. The molecule has 2 saturated heterocycles. The molecular weight excluding hydrogens is 280 g/mol. The van der Waals surface area contributed by atoms with Crippen molar-refractivity contribution in [2.45, 2.75) is 18.5 Å². The van der Waals surface area contributed by atoms with Gasteiger partial charge < -0.3 is 20.4 Å². The van der Waals surface area contributed by atoms with Gasteiger partial charge in [-0.2, -0.15) is 0 Å². The summed E-state index contributed by atoms with van der Waals surface area (Å²) in [6, 6.07) is 8.03. The molecule has 0 spiro atoms. The van der Waals surface area contributed by atoms with Crippen LogP contribution < -0.4 is 10.6 Å². The van der Waals surface area contributed by atoms with Gasteiger partial charge in [0.25, 0.3) is 0 Å². The molecule has 0 bridgehead atoms. The Hall–Kier alpha value is -2.08. The van der Waals surface area contributed by atoms with E-state index >= 15 is 0 Å². The van der Waals surface area contributed by atoms with E-state index in [0.29, 0.717) is 26.2 Å². The maximum Gasteiger partial charge on any atom is 0.317 e. The van der Waals surface area contributed by atoms with Gasteiger partial charge in [0.05, 0.1) is 6.04 Å². The zero-order chi connectivity index (χ0) is 15.1. The fourth-order valence-electron chi connectivity index (χ4n) is 3.71. The van der Waals surface area contributed by atoms with Gasteiger partial charge in [0.15, 0.2) is 0 Å². The number of urea groups is 1. The Morgan fingerprint density at radius 2 is 2.09 bits per heavy atom. The van der Waals surface area contributed by atoms with Gasteiger partial charge in [0, 0.05) is 32.7 Å². The number of nitrogens with zero attached hydrogens (tertiary/aromatic N) is 2. The van der Waals surface area contributed by atoms with Gasteiger partial charge in [0.2, 0.25) is 5.91 Å². The lowest BCUT2D eigenvalue weighted by Gasteiger charge is -2.39. The van der Waals surface area contributed by atoms with Gasteiger partial charge in [-0.15, -0.1) is 0 Å². The first-order chi connectivity index (χ1) is 10.7. The number of nitrogens with one attached hydrogen (secondary N) is 2. The average Bonchev–Trinajstić information content (AvgIpc) is 2.94. The minimum atomic E-state index is -0.249. The lowest BCUT2D eigenvalue weighted by molar-refractivity contribution is -0.136. The summed E-state index contributed by atoms with van der Waals surface area (Å²) in [7, 11) is 0. The standard InChI is InChI=1S/C16H20N4O2/c21-15(14-13-4-2-1-3-11(13)5-6-17-14)19-7-8-20-12(10-19)9-18-16(20)22/h1-4,12,14,17H,5-10H2,(H,18,22)/t12-,14-/m0/s1. The third-order valence-corrected chi connectivity index (χ3v) is 4.90. The first-order valence-electron chi connectivity index (χ1n) is 7.88. The molecule has 0 radical (unpaired) electrons. The van der Waals surface area contributed by atoms with Crippen LogP contribution in [0.1, 0.15) is 17.2 Å². The van der Waals surface area contributed by atoms with Crippen molar-refractivity contribution in [1.29, 1.82) is 0 Å². The maximum atomic E-state index is 12.9. The van der Waals surface area contributed by atoms with E-state index in [0.717, 1.165) is 18.5 Å². The van der Waals surface area contributed by atoms with Crippen molar-refractivity contribution in [1.82, 2.24) is 20.4 Å². The van der Waals surface area contributed by atoms with E-state index in [4.69, 9.17) is 0 Å². The minimum absolute atomic E-state index is 0.00163. The van der Waals surface area contributed by atoms with E-state index in [-0.39, 0.29) is 24.0 Å². The van der Waals surface area contributed by atoms with E-state index in [1.807, 2.05) is 28.0 Å². The molecule has 0 aliphatic carbocycles. The van der Waals surface area contributed by atoms with Crippen LogP contribution in [0.2, 0.25) is 0 Å². The summed E-state index contributed by atoms with van der Waals surface area (Å²) < 4.78 is 0. The molecule has 0 saturated carbocycles. The fourth-order valence-corrected chi connectivity index (χ4v) is 3.71. The fraction of sp³-hybridized carbons (Fsp3) is 0.500.